The summed E-state index contributed by atoms with van der Waals surface area (Å²) in [4.78, 5) is 2.36. The first-order valence-corrected chi connectivity index (χ1v) is 18.8. The van der Waals surface area contributed by atoms with Crippen LogP contribution in [0.25, 0.3) is 82.5 Å². The third-order valence-electron chi connectivity index (χ3n) is 11.0. The van der Waals surface area contributed by atoms with Gasteiger partial charge in [0.05, 0.1) is 16.7 Å². The Kier molecular flexibility index (Phi) is 7.17. The number of rotatable bonds is 6. The van der Waals surface area contributed by atoms with Crippen LogP contribution in [0.5, 0.6) is 0 Å². The smallest absolute Gasteiger partial charge is 0.135 e. The van der Waals surface area contributed by atoms with Gasteiger partial charge in [-0.1, -0.05) is 140 Å². The normalized spacial score (nSPS) is 11.6. The molecule has 2 aromatic heterocycles. The van der Waals surface area contributed by atoms with E-state index in [1.807, 2.05) is 12.1 Å². The molecule has 0 unspecified atom stereocenters. The summed E-state index contributed by atoms with van der Waals surface area (Å²) < 4.78 is 8.66. The molecule has 0 bridgehead atoms. The molecule has 2 heterocycles. The van der Waals surface area contributed by atoms with Crippen molar-refractivity contribution in [3.8, 4) is 27.9 Å². The van der Waals surface area contributed by atoms with E-state index >= 15 is 0 Å². The minimum absolute atomic E-state index is 0.881. The summed E-state index contributed by atoms with van der Waals surface area (Å²) in [5.41, 5.74) is 13.3. The number of anilines is 3. The van der Waals surface area contributed by atoms with Crippen LogP contribution < -0.4 is 4.90 Å². The molecule has 0 aliphatic rings. The maximum absolute atomic E-state index is 6.26. The zero-order valence-electron chi connectivity index (χ0n) is 29.9. The molecule has 0 atom stereocenters. The van der Waals surface area contributed by atoms with Gasteiger partial charge in [0.2, 0.25) is 0 Å². The Morgan fingerprint density at radius 2 is 0.927 bits per heavy atom. The van der Waals surface area contributed by atoms with Crippen LogP contribution in [0.3, 0.4) is 0 Å². The Morgan fingerprint density at radius 1 is 0.345 bits per heavy atom. The van der Waals surface area contributed by atoms with Gasteiger partial charge in [0, 0.05) is 44.2 Å². The van der Waals surface area contributed by atoms with Crippen molar-refractivity contribution < 1.29 is 4.42 Å². The molecule has 11 aromatic rings. The summed E-state index contributed by atoms with van der Waals surface area (Å²) in [5.74, 6) is 0. The van der Waals surface area contributed by atoms with E-state index in [2.05, 4.69) is 204 Å². The summed E-state index contributed by atoms with van der Waals surface area (Å²) >= 11 is 0. The monoisotopic (exact) mass is 702 g/mol. The molecule has 9 aromatic carbocycles. The van der Waals surface area contributed by atoms with Gasteiger partial charge in [-0.15, -0.1) is 0 Å². The van der Waals surface area contributed by atoms with Crippen LogP contribution in [-0.4, -0.2) is 4.57 Å². The predicted molar refractivity (Wildman–Crippen MR) is 231 cm³/mol. The number of para-hydroxylation sites is 4. The largest absolute Gasteiger partial charge is 0.456 e. The van der Waals surface area contributed by atoms with Crippen LogP contribution in [0.15, 0.2) is 211 Å². The van der Waals surface area contributed by atoms with Crippen molar-refractivity contribution in [3.63, 3.8) is 0 Å². The lowest BCUT2D eigenvalue weighted by atomic mass is 9.97. The van der Waals surface area contributed by atoms with Crippen molar-refractivity contribution >= 4 is 71.6 Å². The highest BCUT2D eigenvalue weighted by atomic mass is 16.3. The summed E-state index contributed by atoms with van der Waals surface area (Å²) in [6.45, 7) is 0. The van der Waals surface area contributed by atoms with Crippen LogP contribution in [-0.2, 0) is 0 Å². The Hall–Kier alpha value is -7.36. The van der Waals surface area contributed by atoms with E-state index < -0.39 is 0 Å². The molecule has 258 valence electrons. The topological polar surface area (TPSA) is 21.3 Å². The van der Waals surface area contributed by atoms with E-state index in [0.717, 1.165) is 50.3 Å². The number of fused-ring (bicyclic) bond motifs is 7. The van der Waals surface area contributed by atoms with Crippen molar-refractivity contribution in [1.29, 1.82) is 0 Å². The minimum atomic E-state index is 0.881. The Labute approximate surface area is 318 Å². The second-order valence-corrected chi connectivity index (χ2v) is 14.1. The molecule has 3 heteroatoms. The number of hydrogen-bond donors (Lipinski definition) is 0. The molecule has 0 spiro atoms. The zero-order valence-corrected chi connectivity index (χ0v) is 29.9. The highest BCUT2D eigenvalue weighted by molar-refractivity contribution is 6.10. The van der Waals surface area contributed by atoms with Crippen LogP contribution in [0, 0.1) is 0 Å². The Balaban J connectivity index is 1.07. The molecule has 0 N–H and O–H groups in total. The fraction of sp³-hybridized carbons (Fsp3) is 0. The van der Waals surface area contributed by atoms with E-state index in [-0.39, 0.29) is 0 Å². The fourth-order valence-corrected chi connectivity index (χ4v) is 8.47. The Morgan fingerprint density at radius 3 is 1.75 bits per heavy atom. The predicted octanol–water partition coefficient (Wildman–Crippen LogP) is 14.6. The second-order valence-electron chi connectivity index (χ2n) is 14.1. The molecule has 0 aliphatic carbocycles. The summed E-state index contributed by atoms with van der Waals surface area (Å²) in [6, 6.07) is 74.0. The van der Waals surface area contributed by atoms with Gasteiger partial charge in [0.25, 0.3) is 0 Å². The zero-order chi connectivity index (χ0) is 36.3. The van der Waals surface area contributed by atoms with Crippen molar-refractivity contribution in [2.75, 3.05) is 4.90 Å². The van der Waals surface area contributed by atoms with Crippen molar-refractivity contribution in [2.24, 2.45) is 0 Å². The SMILES string of the molecule is c1cc(-c2cccc3ccccc23)cc(N(c2ccc(-c3ccccc3-n3c4ccccc4c4ccccc43)cc2)c2ccc3oc4ccccc4c3c2)c1. The second kappa shape index (κ2) is 12.6. The molecule has 0 saturated carbocycles. The standard InChI is InChI=1S/C52H34N2O/c1-2-17-41-35(13-1)14-12-22-42(41)37-15-11-16-39(33-37)53(40-31-32-52-47(34-40)46-21-6-10-26-51(46)55-52)38-29-27-36(28-30-38)43-18-3-7-23-48(43)54-49-24-8-4-19-44(49)45-20-5-9-25-50(45)54/h1-34H. The number of nitrogens with zero attached hydrogens (tertiary/aromatic N) is 2. The van der Waals surface area contributed by atoms with E-state index in [1.54, 1.807) is 0 Å². The number of benzene rings is 9. The van der Waals surface area contributed by atoms with Crippen LogP contribution >= 0.6 is 0 Å². The first-order valence-electron chi connectivity index (χ1n) is 18.8. The molecule has 11 rings (SSSR count). The molecule has 0 amide bonds. The number of aromatic nitrogens is 1. The van der Waals surface area contributed by atoms with Crippen LogP contribution in [0.1, 0.15) is 0 Å². The van der Waals surface area contributed by atoms with Crippen LogP contribution in [0.4, 0.5) is 17.1 Å². The molecule has 0 aliphatic heterocycles. The van der Waals surface area contributed by atoms with Gasteiger partial charge in [-0.25, -0.2) is 0 Å². The van der Waals surface area contributed by atoms with E-state index in [4.69, 9.17) is 4.42 Å². The van der Waals surface area contributed by atoms with Gasteiger partial charge < -0.3 is 13.9 Å². The highest BCUT2D eigenvalue weighted by Gasteiger charge is 2.19. The highest BCUT2D eigenvalue weighted by Crippen LogP contribution is 2.42. The van der Waals surface area contributed by atoms with E-state index in [1.165, 1.54) is 49.3 Å². The summed E-state index contributed by atoms with van der Waals surface area (Å²) in [5, 5.41) is 7.20. The van der Waals surface area contributed by atoms with Gasteiger partial charge >= 0.3 is 0 Å². The maximum Gasteiger partial charge on any atom is 0.135 e. The maximum atomic E-state index is 6.26. The van der Waals surface area contributed by atoms with E-state index in [0.29, 0.717) is 0 Å². The Bertz CT molecular complexity index is 3160. The third-order valence-corrected chi connectivity index (χ3v) is 11.0. The lowest BCUT2D eigenvalue weighted by Gasteiger charge is -2.26. The lowest BCUT2D eigenvalue weighted by molar-refractivity contribution is 0.669. The van der Waals surface area contributed by atoms with Gasteiger partial charge in [-0.05, 0) is 94.2 Å². The van der Waals surface area contributed by atoms with Crippen molar-refractivity contribution in [2.45, 2.75) is 0 Å². The van der Waals surface area contributed by atoms with Crippen molar-refractivity contribution in [1.82, 2.24) is 4.57 Å². The average Bonchev–Trinajstić information content (AvgIpc) is 3.79. The lowest BCUT2D eigenvalue weighted by Crippen LogP contribution is -2.10. The van der Waals surface area contributed by atoms with E-state index in [9.17, 15) is 0 Å². The molecule has 0 fully saturated rings. The first kappa shape index (κ1) is 31.2. The molecule has 0 saturated heterocycles. The van der Waals surface area contributed by atoms with Crippen molar-refractivity contribution in [3.05, 3.63) is 206 Å². The average molecular weight is 703 g/mol. The quantitative estimate of drug-likeness (QED) is 0.172. The molecule has 0 radical (unpaired) electrons. The molecule has 55 heavy (non-hydrogen) atoms. The minimum Gasteiger partial charge on any atom is -0.456 e. The molecule has 3 nitrogen and oxygen atoms in total. The molecular formula is C52H34N2O. The van der Waals surface area contributed by atoms with Crippen LogP contribution in [0.2, 0.25) is 0 Å². The van der Waals surface area contributed by atoms with Gasteiger partial charge in [0.1, 0.15) is 11.2 Å². The summed E-state index contributed by atoms with van der Waals surface area (Å²) in [7, 11) is 0. The first-order chi connectivity index (χ1) is 27.3. The van der Waals surface area contributed by atoms with Gasteiger partial charge in [-0.2, -0.15) is 0 Å². The number of furan rings is 1. The number of hydrogen-bond acceptors (Lipinski definition) is 2. The van der Waals surface area contributed by atoms with Gasteiger partial charge in [0.15, 0.2) is 0 Å². The fourth-order valence-electron chi connectivity index (χ4n) is 8.47. The molecular weight excluding hydrogens is 669 g/mol. The van der Waals surface area contributed by atoms with Gasteiger partial charge in [-0.3, -0.25) is 0 Å². The summed E-state index contributed by atoms with van der Waals surface area (Å²) in [6.07, 6.45) is 0. The third kappa shape index (κ3) is 5.13.